The Morgan fingerprint density at radius 3 is 2.13 bits per heavy atom. The number of aliphatic hydroxyl groups is 1. The third-order valence-electron chi connectivity index (χ3n) is 5.67. The molecule has 0 bridgehead atoms. The Bertz CT molecular complexity index is 1100. The molecule has 0 spiro atoms. The predicted octanol–water partition coefficient (Wildman–Crippen LogP) is 5.96. The molecule has 1 aliphatic heterocycles. The molecule has 1 N–H and O–H groups in total. The highest BCUT2D eigenvalue weighted by Crippen LogP contribution is 2.44. The first kappa shape index (κ1) is 21.0. The van der Waals surface area contributed by atoms with E-state index in [4.69, 9.17) is 16.3 Å². The van der Waals surface area contributed by atoms with Crippen molar-refractivity contribution in [2.24, 2.45) is 0 Å². The third kappa shape index (κ3) is 4.17. The minimum Gasteiger partial charge on any atom is -0.503 e. The molecule has 0 saturated heterocycles. The summed E-state index contributed by atoms with van der Waals surface area (Å²) in [5.41, 5.74) is 4.50. The van der Waals surface area contributed by atoms with Gasteiger partial charge in [-0.1, -0.05) is 67.1 Å². The summed E-state index contributed by atoms with van der Waals surface area (Å²) in [5, 5.41) is 11.5. The third-order valence-corrected chi connectivity index (χ3v) is 5.93. The lowest BCUT2D eigenvalue weighted by molar-refractivity contribution is -0.130. The van der Waals surface area contributed by atoms with Gasteiger partial charge in [0.15, 0.2) is 5.76 Å². The summed E-state index contributed by atoms with van der Waals surface area (Å²) in [6, 6.07) is 22.6. The van der Waals surface area contributed by atoms with Crippen LogP contribution in [0.15, 0.2) is 78.6 Å². The fraction of sp³-hybridized carbons (Fsp3) is 0.192. The lowest BCUT2D eigenvalue weighted by atomic mass is 9.92. The molecule has 0 radical (unpaired) electrons. The lowest BCUT2D eigenvalue weighted by Crippen LogP contribution is -2.29. The summed E-state index contributed by atoms with van der Waals surface area (Å²) in [5.74, 6) is 0.115. The molecule has 31 heavy (non-hydrogen) atoms. The molecule has 4 rings (SSSR count). The van der Waals surface area contributed by atoms with Gasteiger partial charge in [-0.3, -0.25) is 4.79 Å². The Morgan fingerprint density at radius 2 is 1.55 bits per heavy atom. The van der Waals surface area contributed by atoms with Gasteiger partial charge in [0.2, 0.25) is 0 Å². The van der Waals surface area contributed by atoms with Crippen LogP contribution in [0.2, 0.25) is 5.02 Å². The van der Waals surface area contributed by atoms with Gasteiger partial charge in [-0.05, 0) is 52.9 Å². The molecule has 3 aromatic carbocycles. The fourth-order valence-corrected chi connectivity index (χ4v) is 4.08. The number of benzene rings is 3. The molecular weight excluding hydrogens is 410 g/mol. The average molecular weight is 434 g/mol. The zero-order valence-electron chi connectivity index (χ0n) is 17.5. The number of hydrogen-bond acceptors (Lipinski definition) is 3. The van der Waals surface area contributed by atoms with E-state index < -0.39 is 6.04 Å². The summed E-state index contributed by atoms with van der Waals surface area (Å²) >= 11 is 6.02. The molecule has 1 aliphatic rings. The van der Waals surface area contributed by atoms with E-state index >= 15 is 0 Å². The maximum atomic E-state index is 13.2. The second-order valence-corrected chi connectivity index (χ2v) is 7.98. The van der Waals surface area contributed by atoms with E-state index in [1.807, 2.05) is 48.5 Å². The van der Waals surface area contributed by atoms with Crippen LogP contribution >= 0.6 is 11.6 Å². The number of amides is 1. The minimum atomic E-state index is -0.400. The molecular formula is C26H24ClNO3. The average Bonchev–Trinajstić information content (AvgIpc) is 3.05. The van der Waals surface area contributed by atoms with Crippen LogP contribution in [0.5, 0.6) is 5.75 Å². The molecule has 0 saturated carbocycles. The van der Waals surface area contributed by atoms with Gasteiger partial charge in [-0.25, -0.2) is 0 Å². The molecule has 0 aliphatic carbocycles. The zero-order valence-corrected chi connectivity index (χ0v) is 18.3. The van der Waals surface area contributed by atoms with Crippen LogP contribution < -0.4 is 4.74 Å². The van der Waals surface area contributed by atoms with Crippen LogP contribution in [0.25, 0.3) is 5.57 Å². The summed E-state index contributed by atoms with van der Waals surface area (Å²) in [7, 11) is 1.61. The normalized spacial score (nSPS) is 16.2. The quantitative estimate of drug-likeness (QED) is 0.521. The Hall–Kier alpha value is -3.24. The van der Waals surface area contributed by atoms with Crippen molar-refractivity contribution < 1.29 is 14.6 Å². The first-order chi connectivity index (χ1) is 15.0. The van der Waals surface area contributed by atoms with E-state index in [2.05, 4.69) is 19.1 Å². The largest absolute Gasteiger partial charge is 0.503 e. The van der Waals surface area contributed by atoms with E-state index in [0.717, 1.165) is 28.9 Å². The van der Waals surface area contributed by atoms with Gasteiger partial charge in [0, 0.05) is 17.1 Å². The molecule has 1 atom stereocenters. The summed E-state index contributed by atoms with van der Waals surface area (Å²) in [6.45, 7) is 2.47. The standard InChI is InChI=1S/C26H24ClNO3/c1-3-17-4-8-20(9-5-17)24-23(19-10-14-22(31-2)15-11-19)25(29)26(30)28(24)16-18-6-12-21(27)13-7-18/h4-15,24,29H,3,16H2,1-2H3/t24-/m1/s1. The molecule has 0 aromatic heterocycles. The molecule has 0 unspecified atom stereocenters. The van der Waals surface area contributed by atoms with Crippen molar-refractivity contribution in [1.82, 2.24) is 4.90 Å². The molecule has 5 heteroatoms. The molecule has 1 amide bonds. The van der Waals surface area contributed by atoms with Gasteiger partial charge in [-0.2, -0.15) is 0 Å². The van der Waals surface area contributed by atoms with Crippen LogP contribution in [0.1, 0.15) is 35.2 Å². The number of carbonyl (C=O) groups is 1. The number of methoxy groups -OCH3 is 1. The van der Waals surface area contributed by atoms with Gasteiger partial charge in [0.25, 0.3) is 5.91 Å². The highest BCUT2D eigenvalue weighted by Gasteiger charge is 2.41. The first-order valence-corrected chi connectivity index (χ1v) is 10.6. The molecule has 4 nitrogen and oxygen atoms in total. The zero-order chi connectivity index (χ0) is 22.0. The number of nitrogens with zero attached hydrogens (tertiary/aromatic N) is 1. The number of ether oxygens (including phenoxy) is 1. The Morgan fingerprint density at radius 1 is 0.935 bits per heavy atom. The van der Waals surface area contributed by atoms with Crippen LogP contribution in [0, 0.1) is 0 Å². The van der Waals surface area contributed by atoms with Gasteiger partial charge in [-0.15, -0.1) is 0 Å². The highest BCUT2D eigenvalue weighted by molar-refractivity contribution is 6.30. The minimum absolute atomic E-state index is 0.219. The van der Waals surface area contributed by atoms with Crippen LogP contribution in [0.4, 0.5) is 0 Å². The summed E-state index contributed by atoms with van der Waals surface area (Å²) in [4.78, 5) is 14.9. The van der Waals surface area contributed by atoms with Crippen molar-refractivity contribution in [2.75, 3.05) is 7.11 Å². The number of carbonyl (C=O) groups excluding carboxylic acids is 1. The number of halogens is 1. The molecule has 3 aromatic rings. The second-order valence-electron chi connectivity index (χ2n) is 7.55. The smallest absolute Gasteiger partial charge is 0.290 e. The van der Waals surface area contributed by atoms with E-state index in [1.54, 1.807) is 24.1 Å². The van der Waals surface area contributed by atoms with Crippen LogP contribution in [0.3, 0.4) is 0 Å². The van der Waals surface area contributed by atoms with Crippen molar-refractivity contribution in [3.8, 4) is 5.75 Å². The Kier molecular flexibility index (Phi) is 6.01. The van der Waals surface area contributed by atoms with Crippen molar-refractivity contribution in [1.29, 1.82) is 0 Å². The number of rotatable bonds is 6. The fourth-order valence-electron chi connectivity index (χ4n) is 3.95. The molecule has 1 heterocycles. The monoisotopic (exact) mass is 433 g/mol. The Balaban J connectivity index is 1.78. The maximum Gasteiger partial charge on any atom is 0.290 e. The second kappa shape index (κ2) is 8.86. The number of aryl methyl sites for hydroxylation is 1. The van der Waals surface area contributed by atoms with Gasteiger partial charge in [0.05, 0.1) is 13.2 Å². The van der Waals surface area contributed by atoms with Gasteiger partial charge >= 0.3 is 0 Å². The van der Waals surface area contributed by atoms with Gasteiger partial charge < -0.3 is 14.7 Å². The van der Waals surface area contributed by atoms with Crippen LogP contribution in [-0.4, -0.2) is 23.0 Å². The van der Waals surface area contributed by atoms with Crippen molar-refractivity contribution in [3.63, 3.8) is 0 Å². The highest BCUT2D eigenvalue weighted by atomic mass is 35.5. The maximum absolute atomic E-state index is 13.2. The van der Waals surface area contributed by atoms with E-state index in [0.29, 0.717) is 17.1 Å². The van der Waals surface area contributed by atoms with E-state index in [-0.39, 0.29) is 11.7 Å². The topological polar surface area (TPSA) is 49.8 Å². The summed E-state index contributed by atoms with van der Waals surface area (Å²) in [6.07, 6.45) is 0.935. The van der Waals surface area contributed by atoms with Crippen molar-refractivity contribution in [2.45, 2.75) is 25.9 Å². The molecule has 0 fully saturated rings. The first-order valence-electron chi connectivity index (χ1n) is 10.2. The van der Waals surface area contributed by atoms with E-state index in [9.17, 15) is 9.90 Å². The lowest BCUT2D eigenvalue weighted by Gasteiger charge is -2.28. The van der Waals surface area contributed by atoms with Crippen molar-refractivity contribution >= 4 is 23.1 Å². The van der Waals surface area contributed by atoms with E-state index in [1.165, 1.54) is 5.56 Å². The Labute approximate surface area is 187 Å². The number of aliphatic hydroxyl groups excluding tert-OH is 1. The van der Waals surface area contributed by atoms with Crippen LogP contribution in [-0.2, 0) is 17.8 Å². The summed E-state index contributed by atoms with van der Waals surface area (Å²) < 4.78 is 5.26. The predicted molar refractivity (Wildman–Crippen MR) is 123 cm³/mol. The SMILES string of the molecule is CCc1ccc([C@@H]2C(c3ccc(OC)cc3)=C(O)C(=O)N2Cc2ccc(Cl)cc2)cc1. The van der Waals surface area contributed by atoms with Crippen molar-refractivity contribution in [3.05, 3.63) is 106 Å². The number of hydrogen-bond donors (Lipinski definition) is 1. The van der Waals surface area contributed by atoms with Gasteiger partial charge in [0.1, 0.15) is 5.75 Å². The molecule has 158 valence electrons.